The molecule has 2 aliphatic rings. The number of carbonyl (C=O) groups excluding carboxylic acids is 3. The standard InChI is InChI=1S/C24H25N5O5S2/c1-3-14(9-15-7-5-4-6-8-15)11-34-23(32)16-10-29-21(31)19(22(29)35-12-16)27-20(30)18(28-33-2)17-13-36-24(25)26-17/h4-10,13,19,22H,3,11-12H2,1-2H3,(H2,25,26)(H,27,30)/t19?,22-/m1/s1. The molecule has 0 saturated carbocycles. The second kappa shape index (κ2) is 11.4. The first-order chi connectivity index (χ1) is 17.4. The van der Waals surface area contributed by atoms with Crippen LogP contribution in [0.15, 0.2) is 58.2 Å². The number of anilines is 1. The van der Waals surface area contributed by atoms with Gasteiger partial charge in [0.1, 0.15) is 30.8 Å². The molecular formula is C24H25N5O5S2. The highest BCUT2D eigenvalue weighted by Gasteiger charge is 2.50. The maximum absolute atomic E-state index is 12.8. The number of hydrogen-bond donors (Lipinski definition) is 2. The second-order valence-corrected chi connectivity index (χ2v) is 9.88. The van der Waals surface area contributed by atoms with Crippen molar-refractivity contribution in [2.75, 3.05) is 25.2 Å². The summed E-state index contributed by atoms with van der Waals surface area (Å²) in [5.41, 5.74) is 8.24. The largest absolute Gasteiger partial charge is 0.458 e. The van der Waals surface area contributed by atoms with Crippen LogP contribution in [0.3, 0.4) is 0 Å². The molecule has 4 rings (SSSR count). The number of oxime groups is 1. The molecular weight excluding hydrogens is 502 g/mol. The summed E-state index contributed by atoms with van der Waals surface area (Å²) in [6.07, 6.45) is 4.25. The van der Waals surface area contributed by atoms with E-state index in [1.165, 1.54) is 30.0 Å². The van der Waals surface area contributed by atoms with Gasteiger partial charge in [-0.25, -0.2) is 9.78 Å². The van der Waals surface area contributed by atoms with E-state index in [1.807, 2.05) is 43.3 Å². The number of aromatic nitrogens is 1. The first kappa shape index (κ1) is 25.5. The summed E-state index contributed by atoms with van der Waals surface area (Å²) in [4.78, 5) is 48.4. The molecule has 0 bridgehead atoms. The Hall–Kier alpha value is -3.64. The average Bonchev–Trinajstić information content (AvgIpc) is 3.33. The van der Waals surface area contributed by atoms with Gasteiger partial charge in [0, 0.05) is 17.3 Å². The van der Waals surface area contributed by atoms with Crippen LogP contribution in [0.4, 0.5) is 5.13 Å². The summed E-state index contributed by atoms with van der Waals surface area (Å²) in [6.45, 7) is 2.17. The second-order valence-electron chi connectivity index (χ2n) is 7.89. The van der Waals surface area contributed by atoms with Gasteiger partial charge < -0.3 is 25.5 Å². The molecule has 1 fully saturated rings. The van der Waals surface area contributed by atoms with E-state index in [2.05, 4.69) is 15.5 Å². The van der Waals surface area contributed by atoms with Crippen molar-refractivity contribution in [3.63, 3.8) is 0 Å². The minimum Gasteiger partial charge on any atom is -0.458 e. The van der Waals surface area contributed by atoms with Crippen LogP contribution in [-0.2, 0) is 24.0 Å². The number of esters is 1. The van der Waals surface area contributed by atoms with Gasteiger partial charge in [-0.1, -0.05) is 48.5 Å². The predicted molar refractivity (Wildman–Crippen MR) is 139 cm³/mol. The third kappa shape index (κ3) is 5.60. The van der Waals surface area contributed by atoms with Crippen molar-refractivity contribution in [2.24, 2.45) is 5.16 Å². The number of thiazole rings is 1. The van der Waals surface area contributed by atoms with E-state index in [9.17, 15) is 14.4 Å². The zero-order chi connectivity index (χ0) is 25.7. The average molecular weight is 528 g/mol. The van der Waals surface area contributed by atoms with Gasteiger partial charge in [0.05, 0.1) is 5.57 Å². The number of benzene rings is 1. The molecule has 3 heterocycles. The minimum atomic E-state index is -0.769. The molecule has 2 aliphatic heterocycles. The SMILES string of the molecule is CCC(=Cc1ccccc1)COC(=O)C1=CN2C(=O)C(NC(=O)C(=NOC)c3csc(N)n3)[C@H]2SC1. The molecule has 1 aromatic carbocycles. The lowest BCUT2D eigenvalue weighted by atomic mass is 10.1. The van der Waals surface area contributed by atoms with Crippen LogP contribution in [0.1, 0.15) is 24.6 Å². The van der Waals surface area contributed by atoms with Crippen LogP contribution >= 0.6 is 23.1 Å². The van der Waals surface area contributed by atoms with Gasteiger partial charge in [0.25, 0.3) is 11.8 Å². The van der Waals surface area contributed by atoms with Crippen molar-refractivity contribution in [2.45, 2.75) is 24.8 Å². The fourth-order valence-electron chi connectivity index (χ4n) is 3.61. The number of nitrogens with one attached hydrogen (secondary N) is 1. The van der Waals surface area contributed by atoms with Crippen molar-refractivity contribution in [3.8, 4) is 0 Å². The summed E-state index contributed by atoms with van der Waals surface area (Å²) in [5.74, 6) is -1.05. The molecule has 12 heteroatoms. The lowest BCUT2D eigenvalue weighted by molar-refractivity contribution is -0.144. The Morgan fingerprint density at radius 3 is 2.78 bits per heavy atom. The Bertz CT molecular complexity index is 1240. The Morgan fingerprint density at radius 1 is 1.33 bits per heavy atom. The number of fused-ring (bicyclic) bond motifs is 1. The molecule has 0 spiro atoms. The number of nitrogen functional groups attached to an aromatic ring is 1. The normalized spacial score (nSPS) is 19.7. The Morgan fingerprint density at radius 2 is 2.11 bits per heavy atom. The van der Waals surface area contributed by atoms with Crippen LogP contribution in [0.25, 0.3) is 6.08 Å². The maximum Gasteiger partial charge on any atom is 0.336 e. The van der Waals surface area contributed by atoms with Gasteiger partial charge in [-0.15, -0.1) is 23.1 Å². The van der Waals surface area contributed by atoms with E-state index in [4.69, 9.17) is 15.3 Å². The monoisotopic (exact) mass is 527 g/mol. The summed E-state index contributed by atoms with van der Waals surface area (Å²) in [7, 11) is 1.31. The number of β-lactam (4-membered cyclic amide) rings is 1. The third-order valence-electron chi connectivity index (χ3n) is 5.51. The highest BCUT2D eigenvalue weighted by atomic mass is 32.2. The first-order valence-corrected chi connectivity index (χ1v) is 13.0. The quantitative estimate of drug-likeness (QED) is 0.220. The molecule has 2 aromatic rings. The molecule has 2 atom stereocenters. The van der Waals surface area contributed by atoms with Crippen molar-refractivity contribution < 1.29 is 24.0 Å². The van der Waals surface area contributed by atoms with E-state index in [0.29, 0.717) is 11.3 Å². The van der Waals surface area contributed by atoms with Crippen LogP contribution in [0, 0.1) is 0 Å². The van der Waals surface area contributed by atoms with Gasteiger partial charge in [-0.3, -0.25) is 9.59 Å². The van der Waals surface area contributed by atoms with Gasteiger partial charge in [-0.2, -0.15) is 0 Å². The number of amides is 2. The minimum absolute atomic E-state index is 0.0763. The van der Waals surface area contributed by atoms with Gasteiger partial charge in [0.2, 0.25) is 0 Å². The van der Waals surface area contributed by atoms with E-state index in [-0.39, 0.29) is 34.4 Å². The lowest BCUT2D eigenvalue weighted by Gasteiger charge is -2.47. The first-order valence-electron chi connectivity index (χ1n) is 11.1. The summed E-state index contributed by atoms with van der Waals surface area (Å²) in [6, 6.07) is 9.05. The van der Waals surface area contributed by atoms with E-state index >= 15 is 0 Å². The van der Waals surface area contributed by atoms with Crippen molar-refractivity contribution in [1.82, 2.24) is 15.2 Å². The number of nitrogens with two attached hydrogens (primary N) is 1. The molecule has 1 aromatic heterocycles. The molecule has 0 radical (unpaired) electrons. The zero-order valence-electron chi connectivity index (χ0n) is 19.7. The molecule has 0 aliphatic carbocycles. The lowest BCUT2D eigenvalue weighted by Crippen LogP contribution is -2.69. The molecule has 2 amide bonds. The highest BCUT2D eigenvalue weighted by Crippen LogP contribution is 2.36. The number of carbonyl (C=O) groups is 3. The summed E-state index contributed by atoms with van der Waals surface area (Å²) in [5, 5.41) is 7.94. The van der Waals surface area contributed by atoms with Crippen molar-refractivity contribution >= 4 is 57.8 Å². The van der Waals surface area contributed by atoms with Gasteiger partial charge in [0.15, 0.2) is 10.8 Å². The Kier molecular flexibility index (Phi) is 8.06. The van der Waals surface area contributed by atoms with E-state index < -0.39 is 17.9 Å². The van der Waals surface area contributed by atoms with Crippen molar-refractivity contribution in [3.05, 3.63) is 64.3 Å². The van der Waals surface area contributed by atoms with Crippen LogP contribution in [0.5, 0.6) is 0 Å². The van der Waals surface area contributed by atoms with Crippen LogP contribution in [0.2, 0.25) is 0 Å². The Balaban J connectivity index is 1.35. The number of nitrogens with zero attached hydrogens (tertiary/aromatic N) is 3. The zero-order valence-corrected chi connectivity index (χ0v) is 21.3. The van der Waals surface area contributed by atoms with Crippen molar-refractivity contribution in [1.29, 1.82) is 0 Å². The van der Waals surface area contributed by atoms with Crippen LogP contribution in [-0.4, -0.2) is 64.3 Å². The van der Waals surface area contributed by atoms with Gasteiger partial charge >= 0.3 is 5.97 Å². The van der Waals surface area contributed by atoms with Gasteiger partial charge in [-0.05, 0) is 17.6 Å². The fraction of sp³-hybridized carbons (Fsp3) is 0.292. The molecule has 3 N–H and O–H groups in total. The number of hydrogen-bond acceptors (Lipinski definition) is 10. The smallest absolute Gasteiger partial charge is 0.336 e. The fourth-order valence-corrected chi connectivity index (χ4v) is 5.40. The highest BCUT2D eigenvalue weighted by molar-refractivity contribution is 8.00. The number of ether oxygens (including phenoxy) is 1. The number of thioether (sulfide) groups is 1. The third-order valence-corrected chi connectivity index (χ3v) is 7.50. The molecule has 1 unspecified atom stereocenters. The molecule has 188 valence electrons. The summed E-state index contributed by atoms with van der Waals surface area (Å²) < 4.78 is 5.51. The Labute approximate surface area is 216 Å². The predicted octanol–water partition coefficient (Wildman–Crippen LogP) is 2.40. The molecule has 10 nitrogen and oxygen atoms in total. The van der Waals surface area contributed by atoms with E-state index in [0.717, 1.165) is 28.9 Å². The topological polar surface area (TPSA) is 136 Å². The number of rotatable bonds is 9. The summed E-state index contributed by atoms with van der Waals surface area (Å²) >= 11 is 2.53. The molecule has 1 saturated heterocycles. The van der Waals surface area contributed by atoms with E-state index in [1.54, 1.807) is 5.38 Å². The van der Waals surface area contributed by atoms with Crippen LogP contribution < -0.4 is 11.1 Å². The molecule has 36 heavy (non-hydrogen) atoms. The maximum atomic E-state index is 12.8.